The Balaban J connectivity index is 2.12. The van der Waals surface area contributed by atoms with Crippen LogP contribution in [0.5, 0.6) is 0 Å². The van der Waals surface area contributed by atoms with E-state index in [0.29, 0.717) is 11.1 Å². The van der Waals surface area contributed by atoms with Crippen LogP contribution in [0.2, 0.25) is 0 Å². The molecule has 0 bridgehead atoms. The molecule has 0 atom stereocenters. The third kappa shape index (κ3) is 1.69. The zero-order valence-corrected chi connectivity index (χ0v) is 12.5. The maximum absolute atomic E-state index is 12.8. The fourth-order valence-electron chi connectivity index (χ4n) is 3.23. The Kier molecular flexibility index (Phi) is 2.91. The Morgan fingerprint density at radius 3 is 1.64 bits per heavy atom. The minimum atomic E-state index is -0.831. The van der Waals surface area contributed by atoms with Crippen LogP contribution in [-0.4, -0.2) is 5.78 Å². The smallest absolute Gasteiger partial charge is 0.193 e. The van der Waals surface area contributed by atoms with Gasteiger partial charge in [-0.05, 0) is 16.7 Å². The van der Waals surface area contributed by atoms with Gasteiger partial charge in [0, 0.05) is 11.1 Å². The largest absolute Gasteiger partial charge is 0.289 e. The number of benzene rings is 3. The van der Waals surface area contributed by atoms with Gasteiger partial charge in [-0.1, -0.05) is 78.9 Å². The lowest BCUT2D eigenvalue weighted by Crippen LogP contribution is -2.32. The minimum Gasteiger partial charge on any atom is -0.289 e. The van der Waals surface area contributed by atoms with E-state index < -0.39 is 4.87 Å². The fraction of sp³-hybridized carbons (Fsp3) is 0.0500. The third-order valence-corrected chi connectivity index (χ3v) is 4.88. The number of alkyl halides is 1. The molecular formula is C20H13ClO. The molecule has 0 radical (unpaired) electrons. The van der Waals surface area contributed by atoms with Gasteiger partial charge in [0.1, 0.15) is 4.87 Å². The number of hydrogen-bond donors (Lipinski definition) is 0. The molecule has 0 N–H and O–H groups in total. The van der Waals surface area contributed by atoms with E-state index in [9.17, 15) is 4.79 Å². The van der Waals surface area contributed by atoms with Gasteiger partial charge in [-0.25, -0.2) is 0 Å². The number of fused-ring (bicyclic) bond motifs is 2. The molecule has 0 fully saturated rings. The second-order valence-corrected chi connectivity index (χ2v) is 6.01. The Hall–Kier alpha value is -2.38. The van der Waals surface area contributed by atoms with Crippen molar-refractivity contribution in [3.05, 3.63) is 107 Å². The van der Waals surface area contributed by atoms with Gasteiger partial charge >= 0.3 is 0 Å². The molecule has 1 aliphatic rings. The molecule has 0 saturated heterocycles. The first kappa shape index (κ1) is 13.3. The Morgan fingerprint density at radius 2 is 1.09 bits per heavy atom. The van der Waals surface area contributed by atoms with Gasteiger partial charge in [-0.2, -0.15) is 0 Å². The van der Waals surface area contributed by atoms with E-state index in [1.54, 1.807) is 0 Å². The minimum absolute atomic E-state index is 0.0402. The van der Waals surface area contributed by atoms with Crippen molar-refractivity contribution in [1.82, 2.24) is 0 Å². The Morgan fingerprint density at radius 1 is 0.636 bits per heavy atom. The molecule has 0 unspecified atom stereocenters. The second kappa shape index (κ2) is 4.82. The second-order valence-electron chi connectivity index (χ2n) is 5.44. The maximum Gasteiger partial charge on any atom is 0.193 e. The number of ketones is 1. The van der Waals surface area contributed by atoms with Gasteiger partial charge in [-0.15, -0.1) is 11.6 Å². The summed E-state index contributed by atoms with van der Waals surface area (Å²) in [5.74, 6) is 0.0402. The van der Waals surface area contributed by atoms with Crippen molar-refractivity contribution in [3.8, 4) is 0 Å². The van der Waals surface area contributed by atoms with Crippen LogP contribution in [0.25, 0.3) is 0 Å². The molecule has 3 aromatic rings. The summed E-state index contributed by atoms with van der Waals surface area (Å²) in [5, 5.41) is 0. The van der Waals surface area contributed by atoms with E-state index in [1.165, 1.54) is 0 Å². The van der Waals surface area contributed by atoms with Crippen LogP contribution in [0.1, 0.15) is 32.6 Å². The van der Waals surface area contributed by atoms with Crippen LogP contribution in [0.3, 0.4) is 0 Å². The number of rotatable bonds is 1. The van der Waals surface area contributed by atoms with E-state index in [1.807, 2.05) is 78.9 Å². The van der Waals surface area contributed by atoms with Crippen LogP contribution >= 0.6 is 11.6 Å². The summed E-state index contributed by atoms with van der Waals surface area (Å²) in [6, 6.07) is 25.2. The number of carbonyl (C=O) groups excluding carboxylic acids is 1. The highest BCUT2D eigenvalue weighted by atomic mass is 35.5. The summed E-state index contributed by atoms with van der Waals surface area (Å²) in [4.78, 5) is 11.9. The van der Waals surface area contributed by atoms with Crippen molar-refractivity contribution in [3.63, 3.8) is 0 Å². The summed E-state index contributed by atoms with van der Waals surface area (Å²) in [6.07, 6.45) is 0. The van der Waals surface area contributed by atoms with Gasteiger partial charge in [0.2, 0.25) is 0 Å². The highest BCUT2D eigenvalue weighted by molar-refractivity contribution is 6.31. The van der Waals surface area contributed by atoms with E-state index in [-0.39, 0.29) is 5.78 Å². The lowest BCUT2D eigenvalue weighted by atomic mass is 9.73. The molecular weight excluding hydrogens is 292 g/mol. The van der Waals surface area contributed by atoms with Crippen molar-refractivity contribution in [2.75, 3.05) is 0 Å². The summed E-state index contributed by atoms with van der Waals surface area (Å²) < 4.78 is 0. The average Bonchev–Trinajstić information content (AvgIpc) is 2.60. The average molecular weight is 305 g/mol. The highest BCUT2D eigenvalue weighted by Crippen LogP contribution is 2.49. The van der Waals surface area contributed by atoms with Crippen molar-refractivity contribution in [2.45, 2.75) is 4.87 Å². The normalized spacial score (nSPS) is 15.0. The van der Waals surface area contributed by atoms with Gasteiger partial charge < -0.3 is 0 Å². The molecule has 22 heavy (non-hydrogen) atoms. The van der Waals surface area contributed by atoms with Gasteiger partial charge in [-0.3, -0.25) is 4.79 Å². The van der Waals surface area contributed by atoms with Crippen molar-refractivity contribution < 1.29 is 4.79 Å². The molecule has 4 rings (SSSR count). The third-order valence-electron chi connectivity index (χ3n) is 4.26. The van der Waals surface area contributed by atoms with Crippen LogP contribution in [-0.2, 0) is 4.87 Å². The van der Waals surface area contributed by atoms with Crippen molar-refractivity contribution >= 4 is 17.4 Å². The molecule has 0 aliphatic heterocycles. The van der Waals surface area contributed by atoms with Crippen LogP contribution in [0, 0.1) is 0 Å². The Labute approximate surface area is 134 Å². The summed E-state index contributed by atoms with van der Waals surface area (Å²) in [5.41, 5.74) is 4.04. The van der Waals surface area contributed by atoms with Crippen molar-refractivity contribution in [1.29, 1.82) is 0 Å². The molecule has 3 aromatic carbocycles. The van der Waals surface area contributed by atoms with E-state index >= 15 is 0 Å². The molecule has 1 nitrogen and oxygen atoms in total. The SMILES string of the molecule is O=C1c2ccccc2C(Cl)(c2ccccc2)c2ccccc21. The topological polar surface area (TPSA) is 17.1 Å². The summed E-state index contributed by atoms with van der Waals surface area (Å²) >= 11 is 7.17. The fourth-order valence-corrected chi connectivity index (χ4v) is 3.69. The summed E-state index contributed by atoms with van der Waals surface area (Å²) in [6.45, 7) is 0. The lowest BCUT2D eigenvalue weighted by Gasteiger charge is -2.35. The van der Waals surface area contributed by atoms with Crippen LogP contribution in [0.4, 0.5) is 0 Å². The van der Waals surface area contributed by atoms with Gasteiger partial charge in [0.05, 0.1) is 0 Å². The molecule has 1 aliphatic carbocycles. The predicted molar refractivity (Wildman–Crippen MR) is 88.5 cm³/mol. The standard InChI is InChI=1S/C20H13ClO/c21-20(14-8-2-1-3-9-14)17-12-6-4-10-15(17)19(22)16-11-5-7-13-18(16)20/h1-13H. The first-order chi connectivity index (χ1) is 10.7. The van der Waals surface area contributed by atoms with Gasteiger partial charge in [0.25, 0.3) is 0 Å². The number of halogens is 1. The molecule has 106 valence electrons. The molecule has 2 heteroatoms. The number of carbonyl (C=O) groups is 1. The lowest BCUT2D eigenvalue weighted by molar-refractivity contribution is 0.103. The van der Waals surface area contributed by atoms with Crippen molar-refractivity contribution in [2.24, 2.45) is 0 Å². The summed E-state index contributed by atoms with van der Waals surface area (Å²) in [7, 11) is 0. The van der Waals surface area contributed by atoms with Crippen LogP contribution in [0.15, 0.2) is 78.9 Å². The zero-order valence-electron chi connectivity index (χ0n) is 11.8. The predicted octanol–water partition coefficient (Wildman–Crippen LogP) is 4.76. The molecule has 0 amide bonds. The first-order valence-electron chi connectivity index (χ1n) is 7.21. The molecule has 0 heterocycles. The molecule has 0 aromatic heterocycles. The van der Waals surface area contributed by atoms with Crippen LogP contribution < -0.4 is 0 Å². The maximum atomic E-state index is 12.8. The van der Waals surface area contributed by atoms with E-state index in [4.69, 9.17) is 11.6 Å². The highest BCUT2D eigenvalue weighted by Gasteiger charge is 2.43. The quantitative estimate of drug-likeness (QED) is 0.592. The Bertz CT molecular complexity index is 818. The monoisotopic (exact) mass is 304 g/mol. The zero-order chi connectivity index (χ0) is 15.2. The first-order valence-corrected chi connectivity index (χ1v) is 7.59. The van der Waals surface area contributed by atoms with E-state index in [0.717, 1.165) is 16.7 Å². The van der Waals surface area contributed by atoms with Gasteiger partial charge in [0.15, 0.2) is 5.78 Å². The van der Waals surface area contributed by atoms with E-state index in [2.05, 4.69) is 0 Å². The number of hydrogen-bond acceptors (Lipinski definition) is 1. The molecule has 0 saturated carbocycles. The molecule has 0 spiro atoms.